The number of allylic oxidation sites excluding steroid dienone is 5. The number of nitrogens with one attached hydrogen (secondary N) is 1. The van der Waals surface area contributed by atoms with Gasteiger partial charge in [0.1, 0.15) is 0 Å². The lowest BCUT2D eigenvalue weighted by atomic mass is 10.1. The molecule has 2 amide bonds. The summed E-state index contributed by atoms with van der Waals surface area (Å²) in [6.07, 6.45) is 24.9. The van der Waals surface area contributed by atoms with E-state index in [1.807, 2.05) is 4.90 Å². The molecule has 1 N–H and O–H groups in total. The molecule has 1 aliphatic carbocycles. The van der Waals surface area contributed by atoms with Gasteiger partial charge in [-0.3, -0.25) is 9.59 Å². The number of nitrogens with zero attached hydrogens (tertiary/aromatic N) is 1. The molecule has 0 aliphatic heterocycles. The fraction of sp³-hybridized carbons (Fsp3) is 0.704. The largest absolute Gasteiger partial charge is 0.356 e. The minimum absolute atomic E-state index is 0.198. The first-order valence-corrected chi connectivity index (χ1v) is 12.6. The second-order valence-corrected chi connectivity index (χ2v) is 8.95. The molecule has 0 aromatic carbocycles. The molecule has 1 aliphatic rings. The van der Waals surface area contributed by atoms with E-state index in [1.54, 1.807) is 0 Å². The van der Waals surface area contributed by atoms with Gasteiger partial charge in [0.05, 0.1) is 0 Å². The van der Waals surface area contributed by atoms with Crippen molar-refractivity contribution >= 4 is 11.8 Å². The predicted octanol–water partition coefficient (Wildman–Crippen LogP) is 6.34. The molecular formula is C27H46N2O2. The van der Waals surface area contributed by atoms with E-state index in [2.05, 4.69) is 62.5 Å². The number of hydrogen-bond donors (Lipinski definition) is 1. The predicted molar refractivity (Wildman–Crippen MR) is 132 cm³/mol. The normalized spacial score (nSPS) is 14.3. The fourth-order valence-electron chi connectivity index (χ4n) is 3.38. The Bertz CT molecular complexity index is 574. The van der Waals surface area contributed by atoms with Crippen LogP contribution in [0.2, 0.25) is 0 Å². The Morgan fingerprint density at radius 3 is 2.16 bits per heavy atom. The quantitative estimate of drug-likeness (QED) is 0.204. The third kappa shape index (κ3) is 15.6. The second kappa shape index (κ2) is 17.8. The van der Waals surface area contributed by atoms with Crippen LogP contribution in [-0.4, -0.2) is 35.8 Å². The Labute approximate surface area is 191 Å². The molecule has 0 atom stereocenters. The molecule has 4 nitrogen and oxygen atoms in total. The maximum absolute atomic E-state index is 12.3. The van der Waals surface area contributed by atoms with Crippen LogP contribution >= 0.6 is 0 Å². The lowest BCUT2D eigenvalue weighted by Crippen LogP contribution is -2.37. The van der Waals surface area contributed by atoms with Crippen molar-refractivity contribution < 1.29 is 9.59 Å². The molecule has 176 valence electrons. The van der Waals surface area contributed by atoms with E-state index >= 15 is 0 Å². The molecule has 31 heavy (non-hydrogen) atoms. The molecule has 0 radical (unpaired) electrons. The molecule has 1 rings (SSSR count). The number of carbonyl (C=O) groups is 2. The highest BCUT2D eigenvalue weighted by Crippen LogP contribution is 2.27. The van der Waals surface area contributed by atoms with Gasteiger partial charge < -0.3 is 10.2 Å². The van der Waals surface area contributed by atoms with Crippen molar-refractivity contribution in [1.82, 2.24) is 10.2 Å². The summed E-state index contributed by atoms with van der Waals surface area (Å²) in [7, 11) is 0. The molecule has 0 spiro atoms. The number of carbonyl (C=O) groups excluding carboxylic acids is 2. The van der Waals surface area contributed by atoms with Gasteiger partial charge in [0.25, 0.3) is 0 Å². The zero-order valence-corrected chi connectivity index (χ0v) is 20.3. The van der Waals surface area contributed by atoms with Crippen molar-refractivity contribution in [3.8, 4) is 0 Å². The van der Waals surface area contributed by atoms with Gasteiger partial charge in [-0.2, -0.15) is 0 Å². The van der Waals surface area contributed by atoms with Crippen molar-refractivity contribution in [2.45, 2.75) is 104 Å². The van der Waals surface area contributed by atoms with Crippen molar-refractivity contribution in [2.75, 3.05) is 13.1 Å². The molecule has 4 heteroatoms. The van der Waals surface area contributed by atoms with E-state index in [0.29, 0.717) is 18.7 Å². The van der Waals surface area contributed by atoms with E-state index in [0.717, 1.165) is 70.4 Å². The summed E-state index contributed by atoms with van der Waals surface area (Å²) in [5.74, 6) is 1.25. The Kier molecular flexibility index (Phi) is 15.6. The van der Waals surface area contributed by atoms with Gasteiger partial charge >= 0.3 is 0 Å². The lowest BCUT2D eigenvalue weighted by molar-refractivity contribution is -0.133. The third-order valence-corrected chi connectivity index (χ3v) is 5.58. The number of rotatable bonds is 18. The van der Waals surface area contributed by atoms with E-state index in [1.165, 1.54) is 12.8 Å². The molecule has 0 saturated heterocycles. The molecule has 0 unspecified atom stereocenters. The highest BCUT2D eigenvalue weighted by atomic mass is 16.2. The maximum Gasteiger partial charge on any atom is 0.222 e. The first-order valence-electron chi connectivity index (χ1n) is 12.6. The summed E-state index contributed by atoms with van der Waals surface area (Å²) in [6.45, 7) is 8.05. The first-order chi connectivity index (χ1) is 15.0. The van der Waals surface area contributed by atoms with Gasteiger partial charge in [-0.25, -0.2) is 0 Å². The van der Waals surface area contributed by atoms with E-state index in [9.17, 15) is 9.59 Å². The summed E-state index contributed by atoms with van der Waals surface area (Å²) >= 11 is 0. The highest BCUT2D eigenvalue weighted by molar-refractivity contribution is 5.76. The average Bonchev–Trinajstić information content (AvgIpc) is 3.57. The standard InChI is InChI=1S/C27H46N2O2/c1-4-5-15-19-27(31)29(24(2)3)22-17-14-12-10-8-6-7-9-11-13-16-18-26(30)28-23-25-20-21-25/h6,8-9,11-12,14,24-25H,4-5,7,10,13,15-23H2,1-3H3,(H,28,30). The van der Waals surface area contributed by atoms with Gasteiger partial charge in [-0.15, -0.1) is 0 Å². The van der Waals surface area contributed by atoms with Crippen LogP contribution in [0.15, 0.2) is 36.5 Å². The molecule has 0 bridgehead atoms. The Morgan fingerprint density at radius 1 is 0.903 bits per heavy atom. The van der Waals surface area contributed by atoms with Crippen molar-refractivity contribution in [3.05, 3.63) is 36.5 Å². The van der Waals surface area contributed by atoms with Crippen LogP contribution in [0.4, 0.5) is 0 Å². The number of unbranched alkanes of at least 4 members (excludes halogenated alkanes) is 3. The van der Waals surface area contributed by atoms with E-state index in [-0.39, 0.29) is 11.9 Å². The molecule has 0 aromatic heterocycles. The van der Waals surface area contributed by atoms with Crippen molar-refractivity contribution in [1.29, 1.82) is 0 Å². The van der Waals surface area contributed by atoms with Crippen LogP contribution in [0, 0.1) is 5.92 Å². The Morgan fingerprint density at radius 2 is 1.55 bits per heavy atom. The van der Waals surface area contributed by atoms with Crippen LogP contribution in [0.25, 0.3) is 0 Å². The smallest absolute Gasteiger partial charge is 0.222 e. The fourth-order valence-corrected chi connectivity index (χ4v) is 3.38. The SMILES string of the molecule is CCCCCC(=O)N(CCC=CCC=CCC=CCCCC(=O)NCC1CC1)C(C)C. The van der Waals surface area contributed by atoms with Crippen LogP contribution in [-0.2, 0) is 9.59 Å². The monoisotopic (exact) mass is 430 g/mol. The summed E-state index contributed by atoms with van der Waals surface area (Å²) in [4.78, 5) is 26.0. The summed E-state index contributed by atoms with van der Waals surface area (Å²) in [6, 6.07) is 0.270. The number of hydrogen-bond acceptors (Lipinski definition) is 2. The van der Waals surface area contributed by atoms with Crippen LogP contribution in [0.5, 0.6) is 0 Å². The maximum atomic E-state index is 12.3. The molecule has 1 saturated carbocycles. The number of amides is 2. The van der Waals surface area contributed by atoms with E-state index < -0.39 is 0 Å². The van der Waals surface area contributed by atoms with Crippen molar-refractivity contribution in [2.24, 2.45) is 5.92 Å². The highest BCUT2D eigenvalue weighted by Gasteiger charge is 2.21. The molecule has 0 heterocycles. The first kappa shape index (κ1) is 27.2. The zero-order valence-electron chi connectivity index (χ0n) is 20.3. The van der Waals surface area contributed by atoms with Crippen LogP contribution < -0.4 is 5.32 Å². The Hall–Kier alpha value is -1.84. The third-order valence-electron chi connectivity index (χ3n) is 5.58. The van der Waals surface area contributed by atoms with E-state index in [4.69, 9.17) is 0 Å². The topological polar surface area (TPSA) is 49.4 Å². The second-order valence-electron chi connectivity index (χ2n) is 8.95. The molecule has 0 aromatic rings. The van der Waals surface area contributed by atoms with Gasteiger partial charge in [-0.05, 0) is 71.1 Å². The van der Waals surface area contributed by atoms with Gasteiger partial charge in [0.15, 0.2) is 0 Å². The zero-order chi connectivity index (χ0) is 22.7. The summed E-state index contributed by atoms with van der Waals surface area (Å²) in [5.41, 5.74) is 0. The minimum Gasteiger partial charge on any atom is -0.356 e. The summed E-state index contributed by atoms with van der Waals surface area (Å²) in [5, 5.41) is 3.01. The summed E-state index contributed by atoms with van der Waals surface area (Å²) < 4.78 is 0. The van der Waals surface area contributed by atoms with Crippen LogP contribution in [0.1, 0.15) is 97.8 Å². The molecule has 1 fully saturated rings. The molecular weight excluding hydrogens is 384 g/mol. The van der Waals surface area contributed by atoms with Gasteiger partial charge in [0.2, 0.25) is 11.8 Å². The average molecular weight is 431 g/mol. The van der Waals surface area contributed by atoms with Crippen molar-refractivity contribution in [3.63, 3.8) is 0 Å². The van der Waals surface area contributed by atoms with Crippen LogP contribution in [0.3, 0.4) is 0 Å². The minimum atomic E-state index is 0.198. The van der Waals surface area contributed by atoms with Gasteiger partial charge in [0, 0.05) is 32.0 Å². The lowest BCUT2D eigenvalue weighted by Gasteiger charge is -2.26. The Balaban J connectivity index is 2.03. The van der Waals surface area contributed by atoms with Gasteiger partial charge in [-0.1, -0.05) is 56.2 Å².